The van der Waals surface area contributed by atoms with Crippen molar-refractivity contribution in [1.29, 1.82) is 0 Å². The first kappa shape index (κ1) is 15.7. The summed E-state index contributed by atoms with van der Waals surface area (Å²) in [7, 11) is 0. The lowest BCUT2D eigenvalue weighted by Crippen LogP contribution is -2.39. The molecular formula is C20H19FN2O2. The topological polar surface area (TPSA) is 34.1 Å². The molecular weight excluding hydrogens is 319 g/mol. The van der Waals surface area contributed by atoms with E-state index in [1.807, 2.05) is 47.4 Å². The van der Waals surface area contributed by atoms with Crippen molar-refractivity contribution in [3.05, 3.63) is 66.9 Å². The van der Waals surface area contributed by atoms with E-state index in [1.165, 1.54) is 5.56 Å². The molecule has 0 bridgehead atoms. The zero-order chi connectivity index (χ0) is 17.1. The molecule has 0 amide bonds. The number of benzene rings is 2. The number of rotatable bonds is 5. The summed E-state index contributed by atoms with van der Waals surface area (Å²) in [6, 6.07) is 18.4. The Balaban J connectivity index is 1.35. The van der Waals surface area contributed by atoms with Gasteiger partial charge in [0.25, 0.3) is 6.02 Å². The van der Waals surface area contributed by atoms with Gasteiger partial charge in [-0.25, -0.2) is 9.38 Å². The van der Waals surface area contributed by atoms with E-state index in [1.54, 1.807) is 12.3 Å². The van der Waals surface area contributed by atoms with Crippen LogP contribution >= 0.6 is 0 Å². The van der Waals surface area contributed by atoms with Gasteiger partial charge in [-0.1, -0.05) is 42.5 Å². The summed E-state index contributed by atoms with van der Waals surface area (Å²) in [6.45, 7) is 0.534. The second-order valence-corrected chi connectivity index (χ2v) is 6.07. The Hall–Kier alpha value is -2.82. The van der Waals surface area contributed by atoms with Crippen LogP contribution in [0.3, 0.4) is 0 Å². The first-order chi connectivity index (χ1) is 12.3. The lowest BCUT2D eigenvalue weighted by Gasteiger charge is -2.24. The van der Waals surface area contributed by atoms with Crippen molar-refractivity contribution < 1.29 is 13.9 Å². The van der Waals surface area contributed by atoms with Crippen LogP contribution in [-0.4, -0.2) is 42.9 Å². The van der Waals surface area contributed by atoms with E-state index in [9.17, 15) is 4.39 Å². The first-order valence-corrected chi connectivity index (χ1v) is 8.35. The Morgan fingerprint density at radius 1 is 1.08 bits per heavy atom. The fraction of sp³-hybridized carbons (Fsp3) is 0.250. The molecule has 0 aliphatic carbocycles. The number of nitrogens with zero attached hydrogens (tertiary/aromatic N) is 2. The third-order valence-electron chi connectivity index (χ3n) is 4.37. The molecule has 0 N–H and O–H groups in total. The fourth-order valence-electron chi connectivity index (χ4n) is 3.03. The van der Waals surface area contributed by atoms with Crippen LogP contribution in [0.25, 0.3) is 11.1 Å². The molecule has 2 aromatic carbocycles. The number of ether oxygens (including phenoxy) is 2. The Labute approximate surface area is 146 Å². The molecule has 2 atom stereocenters. The zero-order valence-electron chi connectivity index (χ0n) is 13.7. The van der Waals surface area contributed by atoms with Crippen LogP contribution in [0.4, 0.5) is 4.39 Å². The second kappa shape index (κ2) is 6.97. The SMILES string of the molecule is FCC1C=CN=C2O[C@H](COc3ccc(-c4ccccc4)cc3)CN21. The Morgan fingerprint density at radius 3 is 2.60 bits per heavy atom. The molecule has 2 aliphatic heterocycles. The third-order valence-corrected chi connectivity index (χ3v) is 4.37. The highest BCUT2D eigenvalue weighted by atomic mass is 19.1. The van der Waals surface area contributed by atoms with Gasteiger partial charge in [-0.15, -0.1) is 0 Å². The first-order valence-electron chi connectivity index (χ1n) is 8.35. The molecule has 0 radical (unpaired) electrons. The van der Waals surface area contributed by atoms with Crippen molar-refractivity contribution in [2.24, 2.45) is 4.99 Å². The van der Waals surface area contributed by atoms with E-state index in [2.05, 4.69) is 17.1 Å². The van der Waals surface area contributed by atoms with Gasteiger partial charge in [-0.2, -0.15) is 0 Å². The molecule has 25 heavy (non-hydrogen) atoms. The zero-order valence-corrected chi connectivity index (χ0v) is 13.7. The molecule has 2 heterocycles. The maximum absolute atomic E-state index is 13.0. The molecule has 2 aliphatic rings. The van der Waals surface area contributed by atoms with Gasteiger partial charge in [0.1, 0.15) is 19.0 Å². The minimum Gasteiger partial charge on any atom is -0.490 e. The summed E-state index contributed by atoms with van der Waals surface area (Å²) in [5.41, 5.74) is 2.32. The van der Waals surface area contributed by atoms with Gasteiger partial charge < -0.3 is 14.4 Å². The predicted octanol–water partition coefficient (Wildman–Crippen LogP) is 3.65. The normalized spacial score (nSPS) is 21.5. The number of amidine groups is 1. The van der Waals surface area contributed by atoms with Gasteiger partial charge in [0.2, 0.25) is 0 Å². The van der Waals surface area contributed by atoms with E-state index >= 15 is 0 Å². The third kappa shape index (κ3) is 3.36. The number of hydrogen-bond donors (Lipinski definition) is 0. The van der Waals surface area contributed by atoms with Crippen molar-refractivity contribution in [1.82, 2.24) is 4.90 Å². The standard InChI is InChI=1S/C20H19FN2O2/c21-12-17-10-11-22-20-23(17)13-19(25-20)14-24-18-8-6-16(7-9-18)15-4-2-1-3-5-15/h1-11,17,19H,12-14H2/t17?,19-/m0/s1. The minimum atomic E-state index is -0.451. The summed E-state index contributed by atoms with van der Waals surface area (Å²) in [5.74, 6) is 0.787. The monoisotopic (exact) mass is 338 g/mol. The smallest absolute Gasteiger partial charge is 0.293 e. The van der Waals surface area contributed by atoms with Gasteiger partial charge in [-0.3, -0.25) is 0 Å². The summed E-state index contributed by atoms with van der Waals surface area (Å²) < 4.78 is 24.6. The summed E-state index contributed by atoms with van der Waals surface area (Å²) >= 11 is 0. The molecule has 4 nitrogen and oxygen atoms in total. The number of halogens is 1. The quantitative estimate of drug-likeness (QED) is 0.834. The summed E-state index contributed by atoms with van der Waals surface area (Å²) in [4.78, 5) is 6.00. The Bertz CT molecular complexity index is 774. The van der Waals surface area contributed by atoms with Crippen LogP contribution in [0, 0.1) is 0 Å². The molecule has 4 rings (SSSR count). The maximum atomic E-state index is 13.0. The minimum absolute atomic E-state index is 0.151. The van der Waals surface area contributed by atoms with Crippen molar-refractivity contribution in [2.45, 2.75) is 12.1 Å². The van der Waals surface area contributed by atoms with Crippen molar-refractivity contribution in [2.75, 3.05) is 19.8 Å². The van der Waals surface area contributed by atoms with Gasteiger partial charge >= 0.3 is 0 Å². The van der Waals surface area contributed by atoms with Gasteiger partial charge in [0, 0.05) is 6.20 Å². The van der Waals surface area contributed by atoms with Gasteiger partial charge in [-0.05, 0) is 29.3 Å². The lowest BCUT2D eigenvalue weighted by molar-refractivity contribution is 0.145. The fourth-order valence-corrected chi connectivity index (χ4v) is 3.03. The molecule has 1 unspecified atom stereocenters. The predicted molar refractivity (Wildman–Crippen MR) is 95.3 cm³/mol. The van der Waals surface area contributed by atoms with Gasteiger partial charge in [0.05, 0.1) is 12.6 Å². The highest BCUT2D eigenvalue weighted by Gasteiger charge is 2.35. The summed E-state index contributed by atoms with van der Waals surface area (Å²) in [6.07, 6.45) is 3.20. The molecule has 5 heteroatoms. The lowest BCUT2D eigenvalue weighted by atomic mass is 10.1. The Kier molecular flexibility index (Phi) is 4.37. The van der Waals surface area contributed by atoms with E-state index in [-0.39, 0.29) is 12.1 Å². The second-order valence-electron chi connectivity index (χ2n) is 6.07. The van der Waals surface area contributed by atoms with E-state index in [0.717, 1.165) is 11.3 Å². The number of fused-ring (bicyclic) bond motifs is 1. The molecule has 1 saturated heterocycles. The number of aliphatic imine (C=N–C) groups is 1. The highest BCUT2D eigenvalue weighted by molar-refractivity contribution is 5.78. The number of hydrogen-bond acceptors (Lipinski definition) is 4. The van der Waals surface area contributed by atoms with E-state index < -0.39 is 6.67 Å². The molecule has 1 fully saturated rings. The van der Waals surface area contributed by atoms with Crippen LogP contribution in [0.1, 0.15) is 0 Å². The van der Waals surface area contributed by atoms with Crippen LogP contribution in [-0.2, 0) is 4.74 Å². The van der Waals surface area contributed by atoms with E-state index in [4.69, 9.17) is 9.47 Å². The van der Waals surface area contributed by atoms with Crippen LogP contribution in [0.2, 0.25) is 0 Å². The van der Waals surface area contributed by atoms with Crippen LogP contribution in [0.5, 0.6) is 5.75 Å². The molecule has 128 valence electrons. The maximum Gasteiger partial charge on any atom is 0.293 e. The highest BCUT2D eigenvalue weighted by Crippen LogP contribution is 2.24. The average molecular weight is 338 g/mol. The molecule has 0 saturated carbocycles. The van der Waals surface area contributed by atoms with E-state index in [0.29, 0.717) is 19.2 Å². The molecule has 0 spiro atoms. The van der Waals surface area contributed by atoms with Crippen molar-refractivity contribution in [3.8, 4) is 16.9 Å². The largest absolute Gasteiger partial charge is 0.490 e. The molecule has 0 aromatic heterocycles. The Morgan fingerprint density at radius 2 is 1.84 bits per heavy atom. The molecule has 2 aromatic rings. The summed E-state index contributed by atoms with van der Waals surface area (Å²) in [5, 5.41) is 0. The van der Waals surface area contributed by atoms with Crippen LogP contribution < -0.4 is 4.74 Å². The van der Waals surface area contributed by atoms with Crippen molar-refractivity contribution in [3.63, 3.8) is 0 Å². The van der Waals surface area contributed by atoms with Crippen LogP contribution in [0.15, 0.2) is 71.9 Å². The van der Waals surface area contributed by atoms with Crippen molar-refractivity contribution >= 4 is 6.02 Å². The number of alkyl halides is 1. The van der Waals surface area contributed by atoms with Gasteiger partial charge in [0.15, 0.2) is 6.10 Å². The average Bonchev–Trinajstić information content (AvgIpc) is 3.10.